The molecule has 2 aromatic carbocycles. The number of H-pyrrole nitrogens is 1. The molecule has 0 saturated carbocycles. The third kappa shape index (κ3) is 5.63. The molecule has 2 aromatic heterocycles. The van der Waals surface area contributed by atoms with E-state index in [1.54, 1.807) is 24.5 Å². The zero-order valence-electron chi connectivity index (χ0n) is 21.7. The van der Waals surface area contributed by atoms with Gasteiger partial charge in [0.1, 0.15) is 0 Å². The van der Waals surface area contributed by atoms with Crippen LogP contribution in [-0.2, 0) is 13.1 Å². The Morgan fingerprint density at radius 2 is 1.64 bits per heavy atom. The lowest BCUT2D eigenvalue weighted by molar-refractivity contribution is 0.102. The highest BCUT2D eigenvalue weighted by molar-refractivity contribution is 6.30. The number of carbonyl (C=O) groups is 1. The molecule has 1 amide bonds. The molecule has 1 fully saturated rings. The van der Waals surface area contributed by atoms with Crippen LogP contribution in [-0.4, -0.2) is 58.6 Å². The van der Waals surface area contributed by atoms with E-state index in [1.807, 2.05) is 37.3 Å². The summed E-state index contributed by atoms with van der Waals surface area (Å²) in [5, 5.41) is 3.85. The number of ether oxygens (including phenoxy) is 2. The molecule has 6 rings (SSSR count). The van der Waals surface area contributed by atoms with Crippen molar-refractivity contribution in [3.63, 3.8) is 0 Å². The molecule has 2 aliphatic heterocycles. The van der Waals surface area contributed by atoms with Gasteiger partial charge in [-0.25, -0.2) is 0 Å². The molecule has 9 heteroatoms. The standard InChI is InChI=1S/C30H30ClN5O3/c1-20-28(34-30(37)23-8-10-32-11-9-23)25(29(33-20)22-3-5-24(31)6-4-22)18-36-14-12-35(13-15-36)17-21-2-7-26-27(16-21)39-19-38-26/h2-11,16,33H,12-15,17-19H2,1H3,(H,34,37). The average molecular weight is 544 g/mol. The molecule has 0 aliphatic carbocycles. The Morgan fingerprint density at radius 3 is 2.38 bits per heavy atom. The number of aromatic nitrogens is 2. The number of rotatable bonds is 7. The summed E-state index contributed by atoms with van der Waals surface area (Å²) in [7, 11) is 0. The highest BCUT2D eigenvalue weighted by Crippen LogP contribution is 2.35. The minimum Gasteiger partial charge on any atom is -0.454 e. The van der Waals surface area contributed by atoms with E-state index in [-0.39, 0.29) is 5.91 Å². The number of nitrogens with zero attached hydrogens (tertiary/aromatic N) is 3. The fourth-order valence-corrected chi connectivity index (χ4v) is 5.31. The first-order valence-electron chi connectivity index (χ1n) is 13.1. The fraction of sp³-hybridized carbons (Fsp3) is 0.267. The number of carbonyl (C=O) groups excluding carboxylic acids is 1. The quantitative estimate of drug-likeness (QED) is 0.327. The molecule has 0 atom stereocenters. The smallest absolute Gasteiger partial charge is 0.255 e. The second-order valence-corrected chi connectivity index (χ2v) is 10.4. The molecule has 39 heavy (non-hydrogen) atoms. The number of benzene rings is 2. The number of aryl methyl sites for hydroxylation is 1. The summed E-state index contributed by atoms with van der Waals surface area (Å²) in [6, 6.07) is 17.4. The highest BCUT2D eigenvalue weighted by Gasteiger charge is 2.24. The minimum atomic E-state index is -0.156. The van der Waals surface area contributed by atoms with Crippen LogP contribution < -0.4 is 14.8 Å². The lowest BCUT2D eigenvalue weighted by Gasteiger charge is -2.35. The van der Waals surface area contributed by atoms with Crippen molar-refractivity contribution in [2.24, 2.45) is 0 Å². The number of halogens is 1. The first kappa shape index (κ1) is 25.4. The summed E-state index contributed by atoms with van der Waals surface area (Å²) >= 11 is 6.17. The molecule has 1 saturated heterocycles. The molecule has 8 nitrogen and oxygen atoms in total. The maximum Gasteiger partial charge on any atom is 0.255 e. The molecule has 200 valence electrons. The van der Waals surface area contributed by atoms with E-state index in [2.05, 4.69) is 37.2 Å². The summed E-state index contributed by atoms with van der Waals surface area (Å²) in [5.74, 6) is 1.48. The Kier molecular flexibility index (Phi) is 7.24. The van der Waals surface area contributed by atoms with Gasteiger partial charge in [-0.2, -0.15) is 0 Å². The Bertz CT molecular complexity index is 1460. The first-order chi connectivity index (χ1) is 19.0. The molecular formula is C30H30ClN5O3. The normalized spacial score (nSPS) is 15.4. The molecule has 0 spiro atoms. The Balaban J connectivity index is 1.19. The van der Waals surface area contributed by atoms with Gasteiger partial charge in [-0.1, -0.05) is 29.8 Å². The van der Waals surface area contributed by atoms with Gasteiger partial charge in [0.15, 0.2) is 11.5 Å². The Morgan fingerprint density at radius 1 is 0.949 bits per heavy atom. The van der Waals surface area contributed by atoms with Crippen LogP contribution in [0.2, 0.25) is 5.02 Å². The number of hydrogen-bond acceptors (Lipinski definition) is 6. The van der Waals surface area contributed by atoms with Crippen molar-refractivity contribution in [3.8, 4) is 22.8 Å². The summed E-state index contributed by atoms with van der Waals surface area (Å²) in [4.78, 5) is 25.5. The maximum atomic E-state index is 13.1. The van der Waals surface area contributed by atoms with Gasteiger partial charge in [0.05, 0.1) is 11.4 Å². The second kappa shape index (κ2) is 11.1. The van der Waals surface area contributed by atoms with Crippen LogP contribution in [0.5, 0.6) is 11.5 Å². The predicted octanol–water partition coefficient (Wildman–Crippen LogP) is 5.34. The fourth-order valence-electron chi connectivity index (χ4n) is 5.18. The number of fused-ring (bicyclic) bond motifs is 1. The molecule has 0 unspecified atom stereocenters. The molecule has 4 heterocycles. The van der Waals surface area contributed by atoms with E-state index in [0.29, 0.717) is 23.9 Å². The molecular weight excluding hydrogens is 514 g/mol. The number of anilines is 1. The highest BCUT2D eigenvalue weighted by atomic mass is 35.5. The van der Waals surface area contributed by atoms with Gasteiger partial charge in [0, 0.05) is 73.5 Å². The van der Waals surface area contributed by atoms with Crippen LogP contribution in [0.15, 0.2) is 67.0 Å². The Labute approximate surface area is 232 Å². The van der Waals surface area contributed by atoms with Gasteiger partial charge in [-0.15, -0.1) is 0 Å². The predicted molar refractivity (Wildman–Crippen MR) is 151 cm³/mol. The molecule has 2 N–H and O–H groups in total. The molecule has 4 aromatic rings. The van der Waals surface area contributed by atoms with Gasteiger partial charge in [0.2, 0.25) is 6.79 Å². The van der Waals surface area contributed by atoms with E-state index < -0.39 is 0 Å². The van der Waals surface area contributed by atoms with Gasteiger partial charge in [-0.3, -0.25) is 19.6 Å². The van der Waals surface area contributed by atoms with Gasteiger partial charge < -0.3 is 19.8 Å². The topological polar surface area (TPSA) is 82.7 Å². The van der Waals surface area contributed by atoms with Gasteiger partial charge in [0.25, 0.3) is 5.91 Å². The number of hydrogen-bond donors (Lipinski definition) is 2. The SMILES string of the molecule is Cc1[nH]c(-c2ccc(Cl)cc2)c(CN2CCN(Cc3ccc4c(c3)OCO4)CC2)c1NC(=O)c1ccncc1. The number of nitrogens with one attached hydrogen (secondary N) is 2. The number of amides is 1. The lowest BCUT2D eigenvalue weighted by atomic mass is 10.1. The summed E-state index contributed by atoms with van der Waals surface area (Å²) < 4.78 is 11.0. The van der Waals surface area contributed by atoms with Crippen molar-refractivity contribution in [2.45, 2.75) is 20.0 Å². The zero-order chi connectivity index (χ0) is 26.8. The van der Waals surface area contributed by atoms with E-state index in [4.69, 9.17) is 21.1 Å². The summed E-state index contributed by atoms with van der Waals surface area (Å²) in [6.07, 6.45) is 3.25. The molecule has 2 aliphatic rings. The maximum absolute atomic E-state index is 13.1. The largest absolute Gasteiger partial charge is 0.454 e. The van der Waals surface area contributed by atoms with Crippen LogP contribution >= 0.6 is 11.6 Å². The van der Waals surface area contributed by atoms with Crippen molar-refractivity contribution in [1.29, 1.82) is 0 Å². The van der Waals surface area contributed by atoms with Crippen molar-refractivity contribution in [1.82, 2.24) is 19.8 Å². The van der Waals surface area contributed by atoms with Gasteiger partial charge >= 0.3 is 0 Å². The number of piperazine rings is 1. The monoisotopic (exact) mass is 543 g/mol. The van der Waals surface area contributed by atoms with E-state index in [0.717, 1.165) is 72.4 Å². The van der Waals surface area contributed by atoms with Crippen molar-refractivity contribution in [2.75, 3.05) is 38.3 Å². The van der Waals surface area contributed by atoms with Crippen LogP contribution in [0, 0.1) is 6.92 Å². The first-order valence-corrected chi connectivity index (χ1v) is 13.4. The van der Waals surface area contributed by atoms with Crippen molar-refractivity contribution >= 4 is 23.2 Å². The van der Waals surface area contributed by atoms with Crippen LogP contribution in [0.4, 0.5) is 5.69 Å². The third-order valence-electron chi connectivity index (χ3n) is 7.29. The van der Waals surface area contributed by atoms with Crippen molar-refractivity contribution in [3.05, 3.63) is 94.4 Å². The van der Waals surface area contributed by atoms with Crippen LogP contribution in [0.1, 0.15) is 27.2 Å². The number of pyridine rings is 1. The van der Waals surface area contributed by atoms with E-state index in [1.165, 1.54) is 5.56 Å². The van der Waals surface area contributed by atoms with E-state index in [9.17, 15) is 4.79 Å². The summed E-state index contributed by atoms with van der Waals surface area (Å²) in [6.45, 7) is 7.62. The third-order valence-corrected chi connectivity index (χ3v) is 7.55. The zero-order valence-corrected chi connectivity index (χ0v) is 22.5. The van der Waals surface area contributed by atoms with Gasteiger partial charge in [-0.05, 0) is 54.4 Å². The van der Waals surface area contributed by atoms with Crippen molar-refractivity contribution < 1.29 is 14.3 Å². The Hall–Kier alpha value is -3.85. The van der Waals surface area contributed by atoms with E-state index >= 15 is 0 Å². The van der Waals surface area contributed by atoms with Crippen LogP contribution in [0.25, 0.3) is 11.3 Å². The molecule has 0 radical (unpaired) electrons. The lowest BCUT2D eigenvalue weighted by Crippen LogP contribution is -2.45. The molecule has 0 bridgehead atoms. The number of aromatic amines is 1. The van der Waals surface area contributed by atoms with Crippen LogP contribution in [0.3, 0.4) is 0 Å². The average Bonchev–Trinajstić information content (AvgIpc) is 3.55. The minimum absolute atomic E-state index is 0.156. The summed E-state index contributed by atoms with van der Waals surface area (Å²) in [5.41, 5.74) is 6.63. The second-order valence-electron chi connectivity index (χ2n) is 9.92.